The van der Waals surface area contributed by atoms with E-state index >= 15 is 0 Å². The van der Waals surface area contributed by atoms with E-state index in [2.05, 4.69) is 13.8 Å². The Morgan fingerprint density at radius 2 is 2.00 bits per heavy atom. The first-order valence-corrected chi connectivity index (χ1v) is 7.10. The number of nitrogens with two attached hydrogens (primary N) is 1. The van der Waals surface area contributed by atoms with Gasteiger partial charge in [0.2, 0.25) is 0 Å². The van der Waals surface area contributed by atoms with Gasteiger partial charge in [-0.05, 0) is 48.9 Å². The maximum Gasteiger partial charge on any atom is 0.253 e. The van der Waals surface area contributed by atoms with Crippen molar-refractivity contribution in [1.29, 1.82) is 0 Å². The number of nitrogen functional groups attached to an aromatic ring is 1. The van der Waals surface area contributed by atoms with Gasteiger partial charge >= 0.3 is 0 Å². The quantitative estimate of drug-likeness (QED) is 0.830. The summed E-state index contributed by atoms with van der Waals surface area (Å²) in [5, 5.41) is 0. The van der Waals surface area contributed by atoms with E-state index in [9.17, 15) is 4.79 Å². The first-order valence-electron chi connectivity index (χ1n) is 7.10. The molecule has 1 saturated heterocycles. The SMILES string of the molecule is CCC1(C)CCN(C(=O)c2ccc(N)c(C)c2)CC1. The zero-order valence-corrected chi connectivity index (χ0v) is 12.2. The molecule has 1 fully saturated rings. The van der Waals surface area contributed by atoms with Crippen LogP contribution in [0.15, 0.2) is 18.2 Å². The van der Waals surface area contributed by atoms with Gasteiger partial charge in [-0.1, -0.05) is 20.3 Å². The molecule has 104 valence electrons. The minimum absolute atomic E-state index is 0.140. The number of amides is 1. The molecule has 2 rings (SSSR count). The number of aryl methyl sites for hydroxylation is 1. The second-order valence-corrected chi connectivity index (χ2v) is 6.03. The van der Waals surface area contributed by atoms with Gasteiger partial charge in [0.05, 0.1) is 0 Å². The third-order valence-electron chi connectivity index (χ3n) is 4.63. The number of hydrogen-bond donors (Lipinski definition) is 1. The maximum absolute atomic E-state index is 12.4. The molecule has 0 aliphatic carbocycles. The summed E-state index contributed by atoms with van der Waals surface area (Å²) >= 11 is 0. The van der Waals surface area contributed by atoms with Crippen molar-refractivity contribution < 1.29 is 4.79 Å². The van der Waals surface area contributed by atoms with E-state index in [4.69, 9.17) is 5.73 Å². The molecule has 3 heteroatoms. The molecule has 1 aliphatic rings. The number of likely N-dealkylation sites (tertiary alicyclic amines) is 1. The Hall–Kier alpha value is -1.51. The summed E-state index contributed by atoms with van der Waals surface area (Å²) in [6.45, 7) is 8.23. The standard InChI is InChI=1S/C16H24N2O/c1-4-16(3)7-9-18(10-8-16)15(19)13-5-6-14(17)12(2)11-13/h5-6,11H,4,7-10,17H2,1-3H3. The van der Waals surface area contributed by atoms with E-state index in [0.29, 0.717) is 5.41 Å². The van der Waals surface area contributed by atoms with Crippen molar-refractivity contribution >= 4 is 11.6 Å². The number of nitrogens with zero attached hydrogens (tertiary/aromatic N) is 1. The summed E-state index contributed by atoms with van der Waals surface area (Å²) in [4.78, 5) is 14.4. The van der Waals surface area contributed by atoms with Gasteiger partial charge in [-0.15, -0.1) is 0 Å². The number of carbonyl (C=O) groups is 1. The third kappa shape index (κ3) is 2.91. The number of anilines is 1. The van der Waals surface area contributed by atoms with Gasteiger partial charge in [0.1, 0.15) is 0 Å². The highest BCUT2D eigenvalue weighted by Crippen LogP contribution is 2.34. The van der Waals surface area contributed by atoms with E-state index in [1.807, 2.05) is 30.0 Å². The van der Waals surface area contributed by atoms with Crippen molar-refractivity contribution in [3.8, 4) is 0 Å². The molecule has 0 aromatic heterocycles. The molecule has 1 aliphatic heterocycles. The number of piperidine rings is 1. The smallest absolute Gasteiger partial charge is 0.253 e. The lowest BCUT2D eigenvalue weighted by atomic mass is 9.78. The largest absolute Gasteiger partial charge is 0.399 e. The first-order chi connectivity index (χ1) is 8.95. The number of carbonyl (C=O) groups excluding carboxylic acids is 1. The van der Waals surface area contributed by atoms with Gasteiger partial charge in [0.25, 0.3) is 5.91 Å². The average Bonchev–Trinajstić information content (AvgIpc) is 2.42. The van der Waals surface area contributed by atoms with Crippen LogP contribution in [-0.2, 0) is 0 Å². The van der Waals surface area contributed by atoms with Crippen molar-refractivity contribution in [2.45, 2.75) is 40.0 Å². The molecule has 1 aromatic carbocycles. The molecular weight excluding hydrogens is 236 g/mol. The monoisotopic (exact) mass is 260 g/mol. The molecule has 0 bridgehead atoms. The molecule has 3 nitrogen and oxygen atoms in total. The van der Waals surface area contributed by atoms with Gasteiger partial charge in [-0.25, -0.2) is 0 Å². The number of benzene rings is 1. The second-order valence-electron chi connectivity index (χ2n) is 6.03. The minimum atomic E-state index is 0.140. The summed E-state index contributed by atoms with van der Waals surface area (Å²) in [7, 11) is 0. The maximum atomic E-state index is 12.4. The molecule has 1 heterocycles. The zero-order chi connectivity index (χ0) is 14.0. The topological polar surface area (TPSA) is 46.3 Å². The van der Waals surface area contributed by atoms with Crippen LogP contribution in [0.3, 0.4) is 0 Å². The Balaban J connectivity index is 2.07. The van der Waals surface area contributed by atoms with Gasteiger partial charge in [-0.2, -0.15) is 0 Å². The van der Waals surface area contributed by atoms with Crippen LogP contribution in [0.1, 0.15) is 49.0 Å². The van der Waals surface area contributed by atoms with Crippen LogP contribution in [-0.4, -0.2) is 23.9 Å². The van der Waals surface area contributed by atoms with Gasteiger partial charge in [0, 0.05) is 24.3 Å². The fourth-order valence-electron chi connectivity index (χ4n) is 2.59. The lowest BCUT2D eigenvalue weighted by Gasteiger charge is -2.39. The summed E-state index contributed by atoms with van der Waals surface area (Å²) in [6, 6.07) is 5.55. The number of hydrogen-bond acceptors (Lipinski definition) is 2. The molecule has 0 saturated carbocycles. The molecule has 1 aromatic rings. The van der Waals surface area contributed by atoms with Crippen LogP contribution in [0.4, 0.5) is 5.69 Å². The highest BCUT2D eigenvalue weighted by Gasteiger charge is 2.30. The second kappa shape index (κ2) is 5.24. The average molecular weight is 260 g/mol. The Labute approximate surface area is 115 Å². The Bertz CT molecular complexity index is 474. The Morgan fingerprint density at radius 3 is 2.53 bits per heavy atom. The summed E-state index contributed by atoms with van der Waals surface area (Å²) in [6.07, 6.45) is 3.39. The number of rotatable bonds is 2. The van der Waals surface area contributed by atoms with Crippen LogP contribution in [0.25, 0.3) is 0 Å². The molecule has 1 amide bonds. The van der Waals surface area contributed by atoms with Crippen molar-refractivity contribution in [2.75, 3.05) is 18.8 Å². The normalized spacial score (nSPS) is 18.4. The van der Waals surface area contributed by atoms with Crippen molar-refractivity contribution in [2.24, 2.45) is 5.41 Å². The molecule has 0 atom stereocenters. The van der Waals surface area contributed by atoms with Crippen molar-refractivity contribution in [3.05, 3.63) is 29.3 Å². The Morgan fingerprint density at radius 1 is 1.37 bits per heavy atom. The van der Waals surface area contributed by atoms with E-state index in [-0.39, 0.29) is 5.91 Å². The first kappa shape index (κ1) is 13.9. The molecule has 0 unspecified atom stereocenters. The predicted molar refractivity (Wildman–Crippen MR) is 79.1 cm³/mol. The zero-order valence-electron chi connectivity index (χ0n) is 12.2. The predicted octanol–water partition coefficient (Wildman–Crippen LogP) is 3.23. The summed E-state index contributed by atoms with van der Waals surface area (Å²) in [5.41, 5.74) is 8.68. The van der Waals surface area contributed by atoms with E-state index in [1.165, 1.54) is 6.42 Å². The lowest BCUT2D eigenvalue weighted by molar-refractivity contribution is 0.0600. The van der Waals surface area contributed by atoms with Gasteiger partial charge in [0.15, 0.2) is 0 Å². The summed E-state index contributed by atoms with van der Waals surface area (Å²) < 4.78 is 0. The third-order valence-corrected chi connectivity index (χ3v) is 4.63. The van der Waals surface area contributed by atoms with Crippen molar-refractivity contribution in [1.82, 2.24) is 4.90 Å². The fourth-order valence-corrected chi connectivity index (χ4v) is 2.59. The van der Waals surface area contributed by atoms with Crippen LogP contribution >= 0.6 is 0 Å². The van der Waals surface area contributed by atoms with E-state index in [0.717, 1.165) is 42.7 Å². The van der Waals surface area contributed by atoms with Crippen molar-refractivity contribution in [3.63, 3.8) is 0 Å². The van der Waals surface area contributed by atoms with Crippen LogP contribution in [0.2, 0.25) is 0 Å². The Kier molecular flexibility index (Phi) is 3.83. The van der Waals surface area contributed by atoms with Crippen LogP contribution in [0.5, 0.6) is 0 Å². The molecule has 2 N–H and O–H groups in total. The van der Waals surface area contributed by atoms with Gasteiger partial charge in [-0.3, -0.25) is 4.79 Å². The van der Waals surface area contributed by atoms with Crippen LogP contribution in [0, 0.1) is 12.3 Å². The molecular formula is C16H24N2O. The molecule has 19 heavy (non-hydrogen) atoms. The molecule has 0 spiro atoms. The van der Waals surface area contributed by atoms with Crippen LogP contribution < -0.4 is 5.73 Å². The highest BCUT2D eigenvalue weighted by atomic mass is 16.2. The van der Waals surface area contributed by atoms with E-state index < -0.39 is 0 Å². The van der Waals surface area contributed by atoms with E-state index in [1.54, 1.807) is 0 Å². The molecule has 0 radical (unpaired) electrons. The summed E-state index contributed by atoms with van der Waals surface area (Å²) in [5.74, 6) is 0.140. The lowest BCUT2D eigenvalue weighted by Crippen LogP contribution is -2.41. The van der Waals surface area contributed by atoms with Gasteiger partial charge < -0.3 is 10.6 Å². The fraction of sp³-hybridized carbons (Fsp3) is 0.562. The minimum Gasteiger partial charge on any atom is -0.399 e. The highest BCUT2D eigenvalue weighted by molar-refractivity contribution is 5.95.